The smallest absolute Gasteiger partial charge is 0.266 e. The van der Waals surface area contributed by atoms with Crippen LogP contribution in [-0.4, -0.2) is 46.1 Å². The predicted octanol–water partition coefficient (Wildman–Crippen LogP) is 2.27. The highest BCUT2D eigenvalue weighted by atomic mass is 35.5. The first-order valence-corrected chi connectivity index (χ1v) is 13.0. The molecule has 31 heavy (non-hydrogen) atoms. The predicted molar refractivity (Wildman–Crippen MR) is 118 cm³/mol. The van der Waals surface area contributed by atoms with Gasteiger partial charge in [-0.1, -0.05) is 17.7 Å². The minimum absolute atomic E-state index is 0.0518. The van der Waals surface area contributed by atoms with E-state index < -0.39 is 25.9 Å². The molecule has 0 fully saturated rings. The van der Waals surface area contributed by atoms with E-state index in [0.29, 0.717) is 23.6 Å². The van der Waals surface area contributed by atoms with Gasteiger partial charge < -0.3 is 4.90 Å². The number of rotatable bonds is 8. The number of halogens is 1. The standard InChI is InChI=1S/C20H23ClN2O6S2/c1-14(24)23(8-9-30(25,26)27)19-5-2-16-10-15(11-17(16)12-19)13-22-31(28,29)20-6-3-18(21)4-7-20/h2-7,12,15,22H,8-11,13H2,1H3,(H,25,26,27). The molecule has 1 aliphatic rings. The summed E-state index contributed by atoms with van der Waals surface area (Å²) in [4.78, 5) is 13.4. The summed E-state index contributed by atoms with van der Waals surface area (Å²) in [6.45, 7) is 1.43. The van der Waals surface area contributed by atoms with Gasteiger partial charge in [-0.3, -0.25) is 9.35 Å². The molecule has 0 saturated heterocycles. The molecule has 0 saturated carbocycles. The number of fused-ring (bicyclic) bond motifs is 1. The number of sulfonamides is 1. The topological polar surface area (TPSA) is 121 Å². The minimum atomic E-state index is -4.19. The molecular formula is C20H23ClN2O6S2. The highest BCUT2D eigenvalue weighted by Crippen LogP contribution is 2.30. The first-order chi connectivity index (χ1) is 14.4. The van der Waals surface area contributed by atoms with E-state index in [-0.39, 0.29) is 29.8 Å². The monoisotopic (exact) mass is 486 g/mol. The van der Waals surface area contributed by atoms with Crippen molar-refractivity contribution >= 4 is 43.3 Å². The third-order valence-corrected chi connectivity index (χ3v) is 7.55. The molecule has 8 nitrogen and oxygen atoms in total. The van der Waals surface area contributed by atoms with E-state index in [2.05, 4.69) is 4.72 Å². The lowest BCUT2D eigenvalue weighted by atomic mass is 10.1. The van der Waals surface area contributed by atoms with Gasteiger partial charge in [0.2, 0.25) is 15.9 Å². The van der Waals surface area contributed by atoms with Crippen LogP contribution in [0.4, 0.5) is 5.69 Å². The Morgan fingerprint density at radius 1 is 1.10 bits per heavy atom. The van der Waals surface area contributed by atoms with Gasteiger partial charge >= 0.3 is 0 Å². The van der Waals surface area contributed by atoms with Gasteiger partial charge in [0.15, 0.2) is 0 Å². The summed E-state index contributed by atoms with van der Waals surface area (Å²) < 4.78 is 58.7. The Labute approximate surface area is 187 Å². The fourth-order valence-electron chi connectivity index (χ4n) is 3.61. The number of carbonyl (C=O) groups is 1. The van der Waals surface area contributed by atoms with Gasteiger partial charge in [0.25, 0.3) is 10.1 Å². The number of carbonyl (C=O) groups excluding carboxylic acids is 1. The van der Waals surface area contributed by atoms with E-state index in [1.54, 1.807) is 6.07 Å². The Hall–Kier alpha value is -1.98. The molecule has 1 unspecified atom stereocenters. The van der Waals surface area contributed by atoms with Crippen molar-refractivity contribution in [3.8, 4) is 0 Å². The van der Waals surface area contributed by atoms with Crippen LogP contribution < -0.4 is 9.62 Å². The Morgan fingerprint density at radius 2 is 1.74 bits per heavy atom. The van der Waals surface area contributed by atoms with Gasteiger partial charge in [-0.2, -0.15) is 8.42 Å². The van der Waals surface area contributed by atoms with Gasteiger partial charge in [-0.25, -0.2) is 13.1 Å². The number of anilines is 1. The van der Waals surface area contributed by atoms with Crippen LogP contribution in [0.2, 0.25) is 5.02 Å². The molecule has 3 rings (SSSR count). The summed E-state index contributed by atoms with van der Waals surface area (Å²) in [5, 5.41) is 0.456. The second kappa shape index (κ2) is 9.25. The van der Waals surface area contributed by atoms with Crippen LogP contribution in [0, 0.1) is 5.92 Å². The third-order valence-electron chi connectivity index (χ3n) is 5.16. The SMILES string of the molecule is CC(=O)N(CCS(=O)(=O)O)c1ccc2c(c1)CC(CNS(=O)(=O)c1ccc(Cl)cc1)C2. The molecule has 1 aliphatic carbocycles. The van der Waals surface area contributed by atoms with E-state index in [1.165, 1.54) is 36.1 Å². The molecule has 11 heteroatoms. The Morgan fingerprint density at radius 3 is 2.35 bits per heavy atom. The van der Waals surface area contributed by atoms with Crippen molar-refractivity contribution in [3.05, 3.63) is 58.6 Å². The quantitative estimate of drug-likeness (QED) is 0.552. The number of benzene rings is 2. The first-order valence-electron chi connectivity index (χ1n) is 9.55. The minimum Gasteiger partial charge on any atom is -0.312 e. The van der Waals surface area contributed by atoms with Gasteiger partial charge in [0, 0.05) is 30.7 Å². The van der Waals surface area contributed by atoms with E-state index in [4.69, 9.17) is 16.2 Å². The van der Waals surface area contributed by atoms with Crippen molar-refractivity contribution in [1.82, 2.24) is 4.72 Å². The molecule has 0 bridgehead atoms. The Bertz CT molecular complexity index is 1180. The zero-order valence-electron chi connectivity index (χ0n) is 16.8. The zero-order valence-corrected chi connectivity index (χ0v) is 19.2. The highest BCUT2D eigenvalue weighted by molar-refractivity contribution is 7.89. The number of amides is 1. The molecule has 0 heterocycles. The number of hydrogen-bond acceptors (Lipinski definition) is 5. The normalized spacial score (nSPS) is 16.2. The van der Waals surface area contributed by atoms with Crippen LogP contribution in [0.5, 0.6) is 0 Å². The van der Waals surface area contributed by atoms with E-state index >= 15 is 0 Å². The molecule has 0 aromatic heterocycles. The summed E-state index contributed by atoms with van der Waals surface area (Å²) in [5.41, 5.74) is 2.57. The van der Waals surface area contributed by atoms with Crippen molar-refractivity contribution in [2.75, 3.05) is 23.7 Å². The molecular weight excluding hydrogens is 464 g/mol. The average Bonchev–Trinajstić information content (AvgIpc) is 3.08. The lowest BCUT2D eigenvalue weighted by Crippen LogP contribution is -2.33. The van der Waals surface area contributed by atoms with E-state index in [9.17, 15) is 21.6 Å². The van der Waals surface area contributed by atoms with Crippen molar-refractivity contribution in [3.63, 3.8) is 0 Å². The van der Waals surface area contributed by atoms with Crippen LogP contribution >= 0.6 is 11.6 Å². The summed E-state index contributed by atoms with van der Waals surface area (Å²) >= 11 is 5.81. The number of nitrogens with zero attached hydrogens (tertiary/aromatic N) is 1. The summed E-state index contributed by atoms with van der Waals surface area (Å²) in [7, 11) is -7.84. The molecule has 2 N–H and O–H groups in total. The van der Waals surface area contributed by atoms with Crippen LogP contribution in [0.1, 0.15) is 18.1 Å². The number of nitrogens with one attached hydrogen (secondary N) is 1. The van der Waals surface area contributed by atoms with Crippen LogP contribution in [0.15, 0.2) is 47.4 Å². The van der Waals surface area contributed by atoms with Gasteiger partial charge in [-0.05, 0) is 66.3 Å². The summed E-state index contributed by atoms with van der Waals surface area (Å²) in [5.74, 6) is -0.844. The van der Waals surface area contributed by atoms with E-state index in [0.717, 1.165) is 11.1 Å². The highest BCUT2D eigenvalue weighted by Gasteiger charge is 2.25. The maximum atomic E-state index is 12.5. The van der Waals surface area contributed by atoms with Crippen LogP contribution in [-0.2, 0) is 37.8 Å². The number of hydrogen-bond donors (Lipinski definition) is 2. The summed E-state index contributed by atoms with van der Waals surface area (Å²) in [6, 6.07) is 11.3. The Kier molecular flexibility index (Phi) is 7.07. The van der Waals surface area contributed by atoms with Gasteiger partial charge in [-0.15, -0.1) is 0 Å². The van der Waals surface area contributed by atoms with Crippen molar-refractivity contribution < 1.29 is 26.2 Å². The van der Waals surface area contributed by atoms with Gasteiger partial charge in [0.05, 0.1) is 10.6 Å². The molecule has 1 atom stereocenters. The fraction of sp³-hybridized carbons (Fsp3) is 0.350. The molecule has 0 spiro atoms. The molecule has 1 amide bonds. The summed E-state index contributed by atoms with van der Waals surface area (Å²) in [6.07, 6.45) is 1.31. The average molecular weight is 487 g/mol. The zero-order chi connectivity index (χ0) is 22.8. The third kappa shape index (κ3) is 6.27. The molecule has 0 aliphatic heterocycles. The first kappa shape index (κ1) is 23.7. The fourth-order valence-corrected chi connectivity index (χ4v) is 5.26. The van der Waals surface area contributed by atoms with Crippen molar-refractivity contribution in [1.29, 1.82) is 0 Å². The maximum absolute atomic E-state index is 12.5. The lowest BCUT2D eigenvalue weighted by Gasteiger charge is -2.21. The van der Waals surface area contributed by atoms with E-state index in [1.807, 2.05) is 12.1 Å². The Balaban J connectivity index is 1.67. The lowest BCUT2D eigenvalue weighted by molar-refractivity contribution is -0.116. The van der Waals surface area contributed by atoms with Crippen molar-refractivity contribution in [2.24, 2.45) is 5.92 Å². The maximum Gasteiger partial charge on any atom is 0.266 e. The molecule has 0 radical (unpaired) electrons. The molecule has 2 aromatic rings. The second-order valence-electron chi connectivity index (χ2n) is 7.49. The van der Waals surface area contributed by atoms with Crippen LogP contribution in [0.3, 0.4) is 0 Å². The molecule has 168 valence electrons. The van der Waals surface area contributed by atoms with Crippen molar-refractivity contribution in [2.45, 2.75) is 24.7 Å². The molecule has 2 aromatic carbocycles. The van der Waals surface area contributed by atoms with Crippen LogP contribution in [0.25, 0.3) is 0 Å². The largest absolute Gasteiger partial charge is 0.312 e. The second-order valence-corrected chi connectivity index (χ2v) is 11.3. The van der Waals surface area contributed by atoms with Gasteiger partial charge in [0.1, 0.15) is 0 Å².